The minimum absolute atomic E-state index is 0.383. The number of carbonyl (C=O) groups is 1. The predicted octanol–water partition coefficient (Wildman–Crippen LogP) is 1.45. The molecule has 0 fully saturated rings. The number of amides is 1. The van der Waals surface area contributed by atoms with Crippen LogP contribution in [0.4, 0.5) is 0 Å². The van der Waals surface area contributed by atoms with Gasteiger partial charge in [0.15, 0.2) is 11.5 Å². The number of hydrogen-bond acceptors (Lipinski definition) is 4. The van der Waals surface area contributed by atoms with E-state index in [1.165, 1.54) is 0 Å². The molecule has 5 nitrogen and oxygen atoms in total. The highest BCUT2D eigenvalue weighted by Crippen LogP contribution is 2.28. The van der Waals surface area contributed by atoms with E-state index < -0.39 is 5.54 Å². The molecule has 1 aromatic rings. The van der Waals surface area contributed by atoms with Crippen molar-refractivity contribution in [3.63, 3.8) is 0 Å². The quantitative estimate of drug-likeness (QED) is 0.783. The number of ether oxygens (including phenoxy) is 2. The average Bonchev–Trinajstić information content (AvgIpc) is 2.37. The SMILES string of the molecule is CCOc1cc(CNC(C)(C)C(N)=O)ccc1OC. The Bertz CT molecular complexity index is 444. The van der Waals surface area contributed by atoms with Gasteiger partial charge in [0.05, 0.1) is 19.3 Å². The van der Waals surface area contributed by atoms with Gasteiger partial charge in [0.25, 0.3) is 0 Å². The summed E-state index contributed by atoms with van der Waals surface area (Å²) in [4.78, 5) is 11.2. The van der Waals surface area contributed by atoms with Crippen molar-refractivity contribution in [1.29, 1.82) is 0 Å². The van der Waals surface area contributed by atoms with E-state index in [1.54, 1.807) is 21.0 Å². The van der Waals surface area contributed by atoms with Crippen LogP contribution in [-0.4, -0.2) is 25.2 Å². The summed E-state index contributed by atoms with van der Waals surface area (Å²) in [6.45, 7) is 6.52. The fourth-order valence-electron chi connectivity index (χ4n) is 1.51. The molecule has 0 spiro atoms. The Hall–Kier alpha value is -1.75. The summed E-state index contributed by atoms with van der Waals surface area (Å²) < 4.78 is 10.7. The Kier molecular flexibility index (Phi) is 5.18. The topological polar surface area (TPSA) is 73.6 Å². The first-order valence-corrected chi connectivity index (χ1v) is 6.25. The van der Waals surface area contributed by atoms with Crippen LogP contribution >= 0.6 is 0 Å². The first-order chi connectivity index (χ1) is 8.90. The van der Waals surface area contributed by atoms with Gasteiger partial charge in [0.2, 0.25) is 5.91 Å². The zero-order valence-electron chi connectivity index (χ0n) is 11.9. The Morgan fingerprint density at radius 3 is 2.58 bits per heavy atom. The van der Waals surface area contributed by atoms with Crippen molar-refractivity contribution >= 4 is 5.91 Å². The molecule has 1 rings (SSSR count). The van der Waals surface area contributed by atoms with Crippen molar-refractivity contribution in [2.75, 3.05) is 13.7 Å². The molecule has 0 saturated heterocycles. The summed E-state index contributed by atoms with van der Waals surface area (Å²) >= 11 is 0. The number of primary amides is 1. The van der Waals surface area contributed by atoms with Gasteiger partial charge >= 0.3 is 0 Å². The third-order valence-electron chi connectivity index (χ3n) is 2.88. The summed E-state index contributed by atoms with van der Waals surface area (Å²) in [5, 5.41) is 3.11. The zero-order valence-corrected chi connectivity index (χ0v) is 11.9. The Balaban J connectivity index is 2.80. The van der Waals surface area contributed by atoms with E-state index in [1.807, 2.05) is 25.1 Å². The van der Waals surface area contributed by atoms with Crippen molar-refractivity contribution in [3.05, 3.63) is 23.8 Å². The van der Waals surface area contributed by atoms with E-state index in [9.17, 15) is 4.79 Å². The predicted molar refractivity (Wildman–Crippen MR) is 74.3 cm³/mol. The Morgan fingerprint density at radius 2 is 2.05 bits per heavy atom. The highest BCUT2D eigenvalue weighted by atomic mass is 16.5. The van der Waals surface area contributed by atoms with E-state index in [4.69, 9.17) is 15.2 Å². The molecule has 1 aromatic carbocycles. The monoisotopic (exact) mass is 266 g/mol. The highest BCUT2D eigenvalue weighted by Gasteiger charge is 2.23. The van der Waals surface area contributed by atoms with Gasteiger partial charge in [-0.3, -0.25) is 10.1 Å². The van der Waals surface area contributed by atoms with Crippen LogP contribution in [0, 0.1) is 0 Å². The lowest BCUT2D eigenvalue weighted by Gasteiger charge is -2.22. The zero-order chi connectivity index (χ0) is 14.5. The molecule has 106 valence electrons. The third-order valence-corrected chi connectivity index (χ3v) is 2.88. The lowest BCUT2D eigenvalue weighted by molar-refractivity contribution is -0.123. The highest BCUT2D eigenvalue weighted by molar-refractivity contribution is 5.83. The standard InChI is InChI=1S/C14H22N2O3/c1-5-19-12-8-10(6-7-11(12)18-4)9-16-14(2,3)13(15)17/h6-8,16H,5,9H2,1-4H3,(H2,15,17). The van der Waals surface area contributed by atoms with Gasteiger partial charge in [-0.2, -0.15) is 0 Å². The van der Waals surface area contributed by atoms with Crippen LogP contribution in [0.2, 0.25) is 0 Å². The van der Waals surface area contributed by atoms with Crippen LogP contribution < -0.4 is 20.5 Å². The van der Waals surface area contributed by atoms with Crippen molar-refractivity contribution in [1.82, 2.24) is 5.32 Å². The van der Waals surface area contributed by atoms with Crippen LogP contribution in [0.25, 0.3) is 0 Å². The first kappa shape index (κ1) is 15.3. The number of benzene rings is 1. The van der Waals surface area contributed by atoms with E-state index in [-0.39, 0.29) is 5.91 Å². The van der Waals surface area contributed by atoms with Gasteiger partial charge in [0, 0.05) is 6.54 Å². The molecular weight excluding hydrogens is 244 g/mol. The molecule has 0 aromatic heterocycles. The first-order valence-electron chi connectivity index (χ1n) is 6.25. The Morgan fingerprint density at radius 1 is 1.37 bits per heavy atom. The molecule has 0 aliphatic heterocycles. The molecule has 0 radical (unpaired) electrons. The molecule has 1 amide bonds. The van der Waals surface area contributed by atoms with Crippen LogP contribution in [0.15, 0.2) is 18.2 Å². The van der Waals surface area contributed by atoms with Crippen LogP contribution in [0.3, 0.4) is 0 Å². The summed E-state index contributed by atoms with van der Waals surface area (Å²) in [6, 6.07) is 5.66. The Labute approximate surface area is 114 Å². The number of carbonyl (C=O) groups excluding carboxylic acids is 1. The molecule has 0 unspecified atom stereocenters. The van der Waals surface area contributed by atoms with E-state index in [0.717, 1.165) is 5.56 Å². The lowest BCUT2D eigenvalue weighted by atomic mass is 10.0. The van der Waals surface area contributed by atoms with Gasteiger partial charge in [0.1, 0.15) is 0 Å². The van der Waals surface area contributed by atoms with Crippen molar-refractivity contribution in [2.24, 2.45) is 5.73 Å². The maximum Gasteiger partial charge on any atom is 0.237 e. The molecule has 3 N–H and O–H groups in total. The fraction of sp³-hybridized carbons (Fsp3) is 0.500. The third kappa shape index (κ3) is 4.13. The normalized spacial score (nSPS) is 11.2. The second-order valence-corrected chi connectivity index (χ2v) is 4.76. The van der Waals surface area contributed by atoms with Crippen molar-refractivity contribution < 1.29 is 14.3 Å². The van der Waals surface area contributed by atoms with Gasteiger partial charge in [-0.15, -0.1) is 0 Å². The molecule has 5 heteroatoms. The maximum absolute atomic E-state index is 11.2. The van der Waals surface area contributed by atoms with Gasteiger partial charge < -0.3 is 15.2 Å². The number of hydrogen-bond donors (Lipinski definition) is 2. The van der Waals surface area contributed by atoms with Gasteiger partial charge in [-0.05, 0) is 38.5 Å². The molecule has 0 saturated carbocycles. The lowest BCUT2D eigenvalue weighted by Crippen LogP contribution is -2.50. The molecular formula is C14H22N2O3. The smallest absolute Gasteiger partial charge is 0.237 e. The van der Waals surface area contributed by atoms with Crippen molar-refractivity contribution in [2.45, 2.75) is 32.9 Å². The number of nitrogens with two attached hydrogens (primary N) is 1. The van der Waals surface area contributed by atoms with Gasteiger partial charge in [-0.25, -0.2) is 0 Å². The van der Waals surface area contributed by atoms with Gasteiger partial charge in [-0.1, -0.05) is 6.07 Å². The molecule has 0 aliphatic carbocycles. The number of rotatable bonds is 7. The van der Waals surface area contributed by atoms with E-state index in [2.05, 4.69) is 5.32 Å². The summed E-state index contributed by atoms with van der Waals surface area (Å²) in [6.07, 6.45) is 0. The minimum atomic E-state index is -0.744. The fourth-order valence-corrected chi connectivity index (χ4v) is 1.51. The molecule has 0 bridgehead atoms. The minimum Gasteiger partial charge on any atom is -0.493 e. The summed E-state index contributed by atoms with van der Waals surface area (Å²) in [5.41, 5.74) is 5.57. The number of methoxy groups -OCH3 is 1. The number of nitrogens with one attached hydrogen (secondary N) is 1. The van der Waals surface area contributed by atoms with E-state index in [0.29, 0.717) is 24.7 Å². The largest absolute Gasteiger partial charge is 0.493 e. The van der Waals surface area contributed by atoms with Crippen LogP contribution in [0.5, 0.6) is 11.5 Å². The summed E-state index contributed by atoms with van der Waals surface area (Å²) in [7, 11) is 1.60. The molecule has 0 aliphatic rings. The molecule has 19 heavy (non-hydrogen) atoms. The van der Waals surface area contributed by atoms with Crippen LogP contribution in [-0.2, 0) is 11.3 Å². The van der Waals surface area contributed by atoms with E-state index >= 15 is 0 Å². The molecule has 0 atom stereocenters. The second-order valence-electron chi connectivity index (χ2n) is 4.76. The maximum atomic E-state index is 11.2. The molecule has 0 heterocycles. The second kappa shape index (κ2) is 6.43. The average molecular weight is 266 g/mol. The van der Waals surface area contributed by atoms with Crippen LogP contribution in [0.1, 0.15) is 26.3 Å². The van der Waals surface area contributed by atoms with Crippen molar-refractivity contribution in [3.8, 4) is 11.5 Å². The summed E-state index contributed by atoms with van der Waals surface area (Å²) in [5.74, 6) is 1.01.